The molecule has 0 radical (unpaired) electrons. The topological polar surface area (TPSA) is 81.9 Å². The molecule has 1 aliphatic rings. The molecule has 4 rings (SSSR count). The average molecular weight is 449 g/mol. The van der Waals surface area contributed by atoms with Gasteiger partial charge in [0.25, 0.3) is 5.91 Å². The number of morpholine rings is 1. The fourth-order valence-electron chi connectivity index (χ4n) is 3.45. The van der Waals surface area contributed by atoms with Crippen LogP contribution in [0.25, 0.3) is 11.6 Å². The van der Waals surface area contributed by atoms with E-state index in [1.807, 2.05) is 78.2 Å². The van der Waals surface area contributed by atoms with Crippen LogP contribution in [-0.4, -0.2) is 42.5 Å². The minimum atomic E-state index is -0.785. The number of benzene rings is 2. The number of nitrogens with two attached hydrogens (primary N) is 1. The first-order valence-electron chi connectivity index (χ1n) is 10.3. The summed E-state index contributed by atoms with van der Waals surface area (Å²) in [5.74, 6) is 0.00535. The van der Waals surface area contributed by atoms with Crippen molar-refractivity contribution in [2.75, 3.05) is 19.7 Å². The third kappa shape index (κ3) is 5.43. The highest BCUT2D eigenvalue weighted by molar-refractivity contribution is 7.11. The fourth-order valence-corrected chi connectivity index (χ4v) is 4.18. The van der Waals surface area contributed by atoms with Gasteiger partial charge in [-0.2, -0.15) is 0 Å². The van der Waals surface area contributed by atoms with E-state index in [1.165, 1.54) is 11.3 Å². The summed E-state index contributed by atoms with van der Waals surface area (Å²) < 4.78 is 11.3. The van der Waals surface area contributed by atoms with Crippen molar-refractivity contribution in [3.63, 3.8) is 0 Å². The van der Waals surface area contributed by atoms with Crippen LogP contribution in [0.4, 0.5) is 0 Å². The smallest absolute Gasteiger partial charge is 0.255 e. The molecular weight excluding hydrogens is 424 g/mol. The van der Waals surface area contributed by atoms with Crippen molar-refractivity contribution in [3.05, 3.63) is 88.1 Å². The normalized spacial score (nSPS) is 16.6. The van der Waals surface area contributed by atoms with Gasteiger partial charge < -0.3 is 20.1 Å². The van der Waals surface area contributed by atoms with Crippen LogP contribution < -0.4 is 10.5 Å². The minimum absolute atomic E-state index is 0.150. The summed E-state index contributed by atoms with van der Waals surface area (Å²) >= 11 is 1.49. The maximum Gasteiger partial charge on any atom is 0.255 e. The van der Waals surface area contributed by atoms with Gasteiger partial charge in [0.2, 0.25) is 5.91 Å². The summed E-state index contributed by atoms with van der Waals surface area (Å²) in [6, 6.07) is 21.4. The molecule has 2 aromatic carbocycles. The molecule has 2 amide bonds. The van der Waals surface area contributed by atoms with Crippen molar-refractivity contribution in [2.45, 2.75) is 12.7 Å². The zero-order valence-corrected chi connectivity index (χ0v) is 18.3. The molecule has 1 fully saturated rings. The largest absolute Gasteiger partial charge is 0.489 e. The van der Waals surface area contributed by atoms with Gasteiger partial charge in [0.05, 0.1) is 18.7 Å². The molecule has 2 N–H and O–H groups in total. The Labute approximate surface area is 190 Å². The molecule has 0 saturated carbocycles. The zero-order chi connectivity index (χ0) is 22.3. The van der Waals surface area contributed by atoms with Crippen LogP contribution in [0.2, 0.25) is 0 Å². The quantitative estimate of drug-likeness (QED) is 0.560. The van der Waals surface area contributed by atoms with Crippen molar-refractivity contribution in [1.82, 2.24) is 4.90 Å². The second kappa shape index (κ2) is 10.3. The van der Waals surface area contributed by atoms with Crippen molar-refractivity contribution in [1.29, 1.82) is 0 Å². The highest BCUT2D eigenvalue weighted by Gasteiger charge is 2.30. The third-order valence-electron chi connectivity index (χ3n) is 5.11. The first kappa shape index (κ1) is 21.8. The van der Waals surface area contributed by atoms with Crippen LogP contribution in [0.15, 0.2) is 72.1 Å². The number of ether oxygens (including phenoxy) is 2. The van der Waals surface area contributed by atoms with Gasteiger partial charge in [-0.15, -0.1) is 11.3 Å². The first-order chi connectivity index (χ1) is 15.6. The summed E-state index contributed by atoms with van der Waals surface area (Å²) in [6.07, 6.45) is 1.07. The molecule has 164 valence electrons. The SMILES string of the molecule is NC(=O)C1CN(C(=O)/C(=C/c2cccc(OCc3ccccc3)c2)c2cccs2)CCO1. The van der Waals surface area contributed by atoms with Crippen molar-refractivity contribution in [2.24, 2.45) is 5.73 Å². The Balaban J connectivity index is 1.56. The summed E-state index contributed by atoms with van der Waals surface area (Å²) in [4.78, 5) is 27.4. The van der Waals surface area contributed by atoms with Gasteiger partial charge in [0, 0.05) is 11.4 Å². The van der Waals surface area contributed by atoms with Crippen LogP contribution >= 0.6 is 11.3 Å². The average Bonchev–Trinajstić information content (AvgIpc) is 3.36. The monoisotopic (exact) mass is 448 g/mol. The molecule has 1 unspecified atom stereocenters. The number of amides is 2. The van der Waals surface area contributed by atoms with E-state index in [0.29, 0.717) is 18.7 Å². The standard InChI is InChI=1S/C25H24N2O4S/c26-24(28)22-16-27(11-12-30-22)25(29)21(23-10-5-13-32-23)15-19-8-4-9-20(14-19)31-17-18-6-2-1-3-7-18/h1-10,13-15,22H,11-12,16-17H2,(H2,26,28)/b21-15+. The Morgan fingerprint density at radius 3 is 2.72 bits per heavy atom. The highest BCUT2D eigenvalue weighted by atomic mass is 32.1. The second-order valence-corrected chi connectivity index (χ2v) is 8.34. The van der Waals surface area contributed by atoms with E-state index < -0.39 is 12.0 Å². The molecule has 1 aromatic heterocycles. The van der Waals surface area contributed by atoms with Crippen molar-refractivity contribution >= 4 is 34.8 Å². The number of nitrogens with zero attached hydrogens (tertiary/aromatic N) is 1. The van der Waals surface area contributed by atoms with Crippen LogP contribution in [-0.2, 0) is 20.9 Å². The predicted octanol–water partition coefficient (Wildman–Crippen LogP) is 3.58. The molecular formula is C25H24N2O4S. The van der Waals surface area contributed by atoms with Gasteiger partial charge in [-0.1, -0.05) is 48.5 Å². The molecule has 0 aliphatic carbocycles. The lowest BCUT2D eigenvalue weighted by Crippen LogP contribution is -2.50. The lowest BCUT2D eigenvalue weighted by molar-refractivity contribution is -0.141. The Bertz CT molecular complexity index is 1100. The summed E-state index contributed by atoms with van der Waals surface area (Å²) in [6.45, 7) is 1.30. The van der Waals surface area contributed by atoms with E-state index in [1.54, 1.807) is 4.90 Å². The Hall–Kier alpha value is -3.42. The van der Waals surface area contributed by atoms with E-state index in [0.717, 1.165) is 21.8 Å². The number of rotatable bonds is 7. The Morgan fingerprint density at radius 1 is 1.12 bits per heavy atom. The molecule has 0 spiro atoms. The predicted molar refractivity (Wildman–Crippen MR) is 125 cm³/mol. The Morgan fingerprint density at radius 2 is 1.97 bits per heavy atom. The summed E-state index contributed by atoms with van der Waals surface area (Å²) in [5.41, 5.74) is 7.88. The summed E-state index contributed by atoms with van der Waals surface area (Å²) in [7, 11) is 0. The first-order valence-corrected chi connectivity index (χ1v) is 11.2. The molecule has 1 atom stereocenters. The van der Waals surface area contributed by atoms with Gasteiger partial charge in [-0.05, 0) is 40.8 Å². The minimum Gasteiger partial charge on any atom is -0.489 e. The number of thiophene rings is 1. The zero-order valence-electron chi connectivity index (χ0n) is 17.5. The lowest BCUT2D eigenvalue weighted by atomic mass is 10.1. The molecule has 1 aliphatic heterocycles. The van der Waals surface area contributed by atoms with Crippen LogP contribution in [0.3, 0.4) is 0 Å². The lowest BCUT2D eigenvalue weighted by Gasteiger charge is -2.32. The van der Waals surface area contributed by atoms with E-state index in [4.69, 9.17) is 15.2 Å². The molecule has 1 saturated heterocycles. The molecule has 3 aromatic rings. The number of carbonyl (C=O) groups excluding carboxylic acids is 2. The van der Waals surface area contributed by atoms with Crippen LogP contribution in [0, 0.1) is 0 Å². The number of primary amides is 1. The van der Waals surface area contributed by atoms with E-state index >= 15 is 0 Å². The van der Waals surface area contributed by atoms with E-state index in [9.17, 15) is 9.59 Å². The summed E-state index contributed by atoms with van der Waals surface area (Å²) in [5, 5.41) is 1.93. The van der Waals surface area contributed by atoms with E-state index in [2.05, 4.69) is 0 Å². The van der Waals surface area contributed by atoms with Gasteiger partial charge in [-0.3, -0.25) is 9.59 Å². The van der Waals surface area contributed by atoms with Gasteiger partial charge in [-0.25, -0.2) is 0 Å². The third-order valence-corrected chi connectivity index (χ3v) is 6.01. The van der Waals surface area contributed by atoms with Crippen LogP contribution in [0.5, 0.6) is 5.75 Å². The number of hydrogen-bond acceptors (Lipinski definition) is 5. The second-order valence-electron chi connectivity index (χ2n) is 7.40. The highest BCUT2D eigenvalue weighted by Crippen LogP contribution is 2.27. The van der Waals surface area contributed by atoms with Gasteiger partial charge in [0.15, 0.2) is 6.10 Å². The molecule has 7 heteroatoms. The number of hydrogen-bond donors (Lipinski definition) is 1. The maximum atomic E-state index is 13.4. The van der Waals surface area contributed by atoms with E-state index in [-0.39, 0.29) is 19.1 Å². The Kier molecular flexibility index (Phi) is 6.99. The maximum absolute atomic E-state index is 13.4. The molecule has 0 bridgehead atoms. The molecule has 32 heavy (non-hydrogen) atoms. The molecule has 6 nitrogen and oxygen atoms in total. The fraction of sp³-hybridized carbons (Fsp3) is 0.200. The van der Waals surface area contributed by atoms with Gasteiger partial charge in [0.1, 0.15) is 12.4 Å². The molecule has 2 heterocycles. The van der Waals surface area contributed by atoms with Crippen LogP contribution in [0.1, 0.15) is 16.0 Å². The van der Waals surface area contributed by atoms with Crippen molar-refractivity contribution < 1.29 is 19.1 Å². The van der Waals surface area contributed by atoms with Gasteiger partial charge >= 0.3 is 0 Å². The number of carbonyl (C=O) groups is 2. The van der Waals surface area contributed by atoms with Crippen molar-refractivity contribution in [3.8, 4) is 5.75 Å².